The number of nitrogens with one attached hydrogen (secondary N) is 2. The summed E-state index contributed by atoms with van der Waals surface area (Å²) in [6, 6.07) is -0.645. The summed E-state index contributed by atoms with van der Waals surface area (Å²) < 4.78 is 0. The largest absolute Gasteiger partial charge is 0.368 e. The Morgan fingerprint density at radius 1 is 1.36 bits per heavy atom. The fraction of sp³-hybridized carbons (Fsp3) is 0.600. The van der Waals surface area contributed by atoms with Crippen LogP contribution in [0.25, 0.3) is 0 Å². The Balaban J connectivity index is 4.12. The first-order valence-corrected chi connectivity index (χ1v) is 2.99. The molecule has 6 heteroatoms. The van der Waals surface area contributed by atoms with Crippen molar-refractivity contribution in [1.29, 1.82) is 0 Å². The lowest BCUT2D eigenvalue weighted by Crippen LogP contribution is -2.56. The second kappa shape index (κ2) is 3.20. The fourth-order valence-electron chi connectivity index (χ4n) is 0.382. The van der Waals surface area contributed by atoms with Crippen molar-refractivity contribution in [1.82, 2.24) is 10.7 Å². The quantitative estimate of drug-likeness (QED) is 0.222. The molecular formula is C5H12N4O2. The molecule has 0 bridgehead atoms. The van der Waals surface area contributed by atoms with E-state index in [1.807, 2.05) is 5.43 Å². The van der Waals surface area contributed by atoms with E-state index in [0.717, 1.165) is 0 Å². The third-order valence-corrected chi connectivity index (χ3v) is 1.17. The van der Waals surface area contributed by atoms with E-state index >= 15 is 0 Å². The van der Waals surface area contributed by atoms with Gasteiger partial charge in [0.1, 0.15) is 5.54 Å². The van der Waals surface area contributed by atoms with Crippen LogP contribution in [0.3, 0.4) is 0 Å². The number of hydrogen-bond donors (Lipinski definition) is 4. The fourth-order valence-corrected chi connectivity index (χ4v) is 0.382. The number of urea groups is 1. The molecule has 0 aromatic heterocycles. The van der Waals surface area contributed by atoms with Gasteiger partial charge in [0.25, 0.3) is 0 Å². The van der Waals surface area contributed by atoms with Gasteiger partial charge in [-0.2, -0.15) is 0 Å². The number of primary amides is 1. The minimum atomic E-state index is -1.08. The monoisotopic (exact) mass is 160 g/mol. The molecule has 0 saturated carbocycles. The molecule has 3 amide bonds. The highest BCUT2D eigenvalue weighted by Gasteiger charge is 2.26. The van der Waals surface area contributed by atoms with Gasteiger partial charge in [-0.05, 0) is 13.8 Å². The van der Waals surface area contributed by atoms with Crippen molar-refractivity contribution < 1.29 is 9.59 Å². The number of amides is 3. The summed E-state index contributed by atoms with van der Waals surface area (Å²) in [6.45, 7) is 2.95. The lowest BCUT2D eigenvalue weighted by molar-refractivity contribution is -0.122. The van der Waals surface area contributed by atoms with E-state index in [0.29, 0.717) is 0 Å². The van der Waals surface area contributed by atoms with Gasteiger partial charge in [0.05, 0.1) is 0 Å². The van der Waals surface area contributed by atoms with Crippen LogP contribution in [0.5, 0.6) is 0 Å². The maximum absolute atomic E-state index is 10.6. The SMILES string of the molecule is CC(C)(NC(=O)NN)C(N)=O. The first-order valence-electron chi connectivity index (χ1n) is 2.99. The Kier molecular flexibility index (Phi) is 2.82. The van der Waals surface area contributed by atoms with Crippen LogP contribution >= 0.6 is 0 Å². The Morgan fingerprint density at radius 3 is 2.09 bits per heavy atom. The van der Waals surface area contributed by atoms with Crippen LogP contribution in [0.4, 0.5) is 4.79 Å². The summed E-state index contributed by atoms with van der Waals surface area (Å²) in [4.78, 5) is 21.2. The van der Waals surface area contributed by atoms with Gasteiger partial charge in [0.15, 0.2) is 0 Å². The van der Waals surface area contributed by atoms with Crippen molar-refractivity contribution in [2.45, 2.75) is 19.4 Å². The molecule has 0 fully saturated rings. The molecule has 0 aliphatic heterocycles. The Hall–Kier alpha value is -1.30. The summed E-state index contributed by atoms with van der Waals surface area (Å²) >= 11 is 0. The molecule has 0 aliphatic carbocycles. The molecule has 0 aromatic rings. The Bertz CT molecular complexity index is 177. The van der Waals surface area contributed by atoms with Crippen LogP contribution in [0.15, 0.2) is 0 Å². The van der Waals surface area contributed by atoms with Gasteiger partial charge in [-0.25, -0.2) is 10.6 Å². The van der Waals surface area contributed by atoms with E-state index in [1.165, 1.54) is 13.8 Å². The molecule has 6 N–H and O–H groups in total. The molecule has 0 heterocycles. The van der Waals surface area contributed by atoms with Crippen LogP contribution in [0.2, 0.25) is 0 Å². The molecule has 0 atom stereocenters. The van der Waals surface area contributed by atoms with Crippen molar-refractivity contribution in [2.75, 3.05) is 0 Å². The van der Waals surface area contributed by atoms with E-state index in [2.05, 4.69) is 5.32 Å². The van der Waals surface area contributed by atoms with Crippen molar-refractivity contribution in [3.8, 4) is 0 Å². The van der Waals surface area contributed by atoms with Gasteiger partial charge in [-0.3, -0.25) is 10.2 Å². The topological polar surface area (TPSA) is 110 Å². The lowest BCUT2D eigenvalue weighted by atomic mass is 10.1. The number of hydrazine groups is 1. The molecule has 0 rings (SSSR count). The first kappa shape index (κ1) is 9.70. The summed E-state index contributed by atoms with van der Waals surface area (Å²) in [6.07, 6.45) is 0. The second-order valence-corrected chi connectivity index (χ2v) is 2.59. The summed E-state index contributed by atoms with van der Waals surface area (Å²) in [5, 5.41) is 2.26. The van der Waals surface area contributed by atoms with E-state index < -0.39 is 17.5 Å². The molecule has 0 spiro atoms. The van der Waals surface area contributed by atoms with E-state index in [9.17, 15) is 9.59 Å². The molecule has 0 unspecified atom stereocenters. The second-order valence-electron chi connectivity index (χ2n) is 2.59. The molecule has 11 heavy (non-hydrogen) atoms. The van der Waals surface area contributed by atoms with Gasteiger partial charge in [-0.1, -0.05) is 0 Å². The molecule has 0 radical (unpaired) electrons. The highest BCUT2D eigenvalue weighted by molar-refractivity contribution is 5.88. The van der Waals surface area contributed by atoms with Crippen molar-refractivity contribution in [3.63, 3.8) is 0 Å². The zero-order valence-corrected chi connectivity index (χ0v) is 6.47. The highest BCUT2D eigenvalue weighted by Crippen LogP contribution is 1.98. The number of nitrogens with two attached hydrogens (primary N) is 2. The van der Waals surface area contributed by atoms with E-state index in [4.69, 9.17) is 11.6 Å². The zero-order chi connectivity index (χ0) is 9.07. The third kappa shape index (κ3) is 2.85. The highest BCUT2D eigenvalue weighted by atomic mass is 16.2. The summed E-state index contributed by atoms with van der Waals surface area (Å²) in [7, 11) is 0. The average Bonchev–Trinajstić information content (AvgIpc) is 1.86. The van der Waals surface area contributed by atoms with Gasteiger partial charge in [0.2, 0.25) is 5.91 Å². The van der Waals surface area contributed by atoms with Crippen LogP contribution < -0.4 is 22.3 Å². The molecular weight excluding hydrogens is 148 g/mol. The maximum Gasteiger partial charge on any atom is 0.329 e. The van der Waals surface area contributed by atoms with Crippen LogP contribution in [-0.4, -0.2) is 17.5 Å². The molecule has 0 aliphatic rings. The molecule has 0 saturated heterocycles. The number of carbonyl (C=O) groups excluding carboxylic acids is 2. The summed E-state index contributed by atoms with van der Waals surface area (Å²) in [5.74, 6) is 4.14. The minimum Gasteiger partial charge on any atom is -0.368 e. The molecule has 64 valence electrons. The number of carbonyl (C=O) groups is 2. The minimum absolute atomic E-state index is 0.624. The van der Waals surface area contributed by atoms with Gasteiger partial charge in [-0.15, -0.1) is 0 Å². The van der Waals surface area contributed by atoms with Gasteiger partial charge >= 0.3 is 6.03 Å². The Labute approximate surface area is 64.3 Å². The van der Waals surface area contributed by atoms with E-state index in [-0.39, 0.29) is 0 Å². The number of rotatable bonds is 2. The predicted molar refractivity (Wildman–Crippen MR) is 39.1 cm³/mol. The molecule has 0 aromatic carbocycles. The van der Waals surface area contributed by atoms with Gasteiger partial charge in [0, 0.05) is 0 Å². The molecule has 6 nitrogen and oxygen atoms in total. The number of hydrogen-bond acceptors (Lipinski definition) is 3. The standard InChI is InChI=1S/C5H12N4O2/c1-5(2,3(6)10)8-4(11)9-7/h7H2,1-2H3,(H2,6,10)(H2,8,9,11). The zero-order valence-electron chi connectivity index (χ0n) is 6.47. The maximum atomic E-state index is 10.6. The van der Waals surface area contributed by atoms with Crippen LogP contribution in [0.1, 0.15) is 13.8 Å². The van der Waals surface area contributed by atoms with Crippen LogP contribution in [0, 0.1) is 0 Å². The smallest absolute Gasteiger partial charge is 0.329 e. The lowest BCUT2D eigenvalue weighted by Gasteiger charge is -2.21. The third-order valence-electron chi connectivity index (χ3n) is 1.17. The van der Waals surface area contributed by atoms with E-state index in [1.54, 1.807) is 0 Å². The normalized spacial score (nSPS) is 10.5. The van der Waals surface area contributed by atoms with Crippen molar-refractivity contribution in [2.24, 2.45) is 11.6 Å². The van der Waals surface area contributed by atoms with Gasteiger partial charge < -0.3 is 11.1 Å². The first-order chi connectivity index (χ1) is 4.90. The van der Waals surface area contributed by atoms with Crippen molar-refractivity contribution in [3.05, 3.63) is 0 Å². The summed E-state index contributed by atoms with van der Waals surface area (Å²) in [5.41, 5.74) is 5.69. The van der Waals surface area contributed by atoms with Crippen LogP contribution in [-0.2, 0) is 4.79 Å². The van der Waals surface area contributed by atoms with Crippen molar-refractivity contribution >= 4 is 11.9 Å². The Morgan fingerprint density at radius 2 is 1.82 bits per heavy atom. The average molecular weight is 160 g/mol. The predicted octanol–water partition coefficient (Wildman–Crippen LogP) is -1.58.